The van der Waals surface area contributed by atoms with Crippen LogP contribution in [0.1, 0.15) is 29.8 Å². The Morgan fingerprint density at radius 1 is 1.14 bits per heavy atom. The van der Waals surface area contributed by atoms with Gasteiger partial charge in [-0.05, 0) is 43.0 Å². The Labute approximate surface area is 162 Å². The van der Waals surface area contributed by atoms with Gasteiger partial charge in [-0.2, -0.15) is 5.10 Å². The molecule has 1 aromatic carbocycles. The highest BCUT2D eigenvalue weighted by molar-refractivity contribution is 6.05. The number of urea groups is 1. The molecule has 3 N–H and O–H groups in total. The number of aromatic amines is 1. The van der Waals surface area contributed by atoms with Crippen LogP contribution in [0, 0.1) is 0 Å². The summed E-state index contributed by atoms with van der Waals surface area (Å²) in [6, 6.07) is 7.63. The zero-order chi connectivity index (χ0) is 19.7. The average molecular weight is 378 g/mol. The van der Waals surface area contributed by atoms with Crippen LogP contribution in [0.2, 0.25) is 0 Å². The van der Waals surface area contributed by atoms with Gasteiger partial charge in [0.1, 0.15) is 0 Å². The first-order valence-corrected chi connectivity index (χ1v) is 9.24. The number of H-pyrrole nitrogens is 1. The number of hydrogen-bond donors (Lipinski definition) is 3. The molecule has 1 aliphatic rings. The van der Waals surface area contributed by atoms with Gasteiger partial charge in [0.15, 0.2) is 5.69 Å². The first-order valence-electron chi connectivity index (χ1n) is 9.24. The molecule has 1 aliphatic carbocycles. The number of anilines is 1. The summed E-state index contributed by atoms with van der Waals surface area (Å²) in [4.78, 5) is 30.1. The molecule has 8 heteroatoms. The molecular weight excluding hydrogens is 356 g/mol. The number of nitrogens with one attached hydrogen (secondary N) is 3. The van der Waals surface area contributed by atoms with Crippen LogP contribution < -0.4 is 10.6 Å². The van der Waals surface area contributed by atoms with Crippen molar-refractivity contribution in [2.75, 3.05) is 19.4 Å². The summed E-state index contributed by atoms with van der Waals surface area (Å²) >= 11 is 0. The number of hydrogen-bond acceptors (Lipinski definition) is 4. The lowest BCUT2D eigenvalue weighted by Crippen LogP contribution is -2.39. The molecule has 0 atom stereocenters. The van der Waals surface area contributed by atoms with E-state index in [1.54, 1.807) is 26.5 Å². The van der Waals surface area contributed by atoms with E-state index in [1.807, 2.05) is 24.3 Å². The van der Waals surface area contributed by atoms with Crippen LogP contribution in [0.3, 0.4) is 0 Å². The van der Waals surface area contributed by atoms with Crippen LogP contribution >= 0.6 is 0 Å². The number of carbonyl (C=O) groups excluding carboxylic acids is 2. The van der Waals surface area contributed by atoms with E-state index < -0.39 is 0 Å². The number of nitrogens with zero attached hydrogens (tertiary/aromatic N) is 3. The van der Waals surface area contributed by atoms with Gasteiger partial charge in [-0.15, -0.1) is 0 Å². The van der Waals surface area contributed by atoms with Crippen LogP contribution in [-0.4, -0.2) is 52.2 Å². The molecule has 2 aromatic heterocycles. The molecule has 2 heterocycles. The maximum atomic E-state index is 12.6. The minimum Gasteiger partial charge on any atom is -0.348 e. The predicted octanol–water partition coefficient (Wildman–Crippen LogP) is 3.00. The van der Waals surface area contributed by atoms with Gasteiger partial charge in [0, 0.05) is 37.3 Å². The molecule has 28 heavy (non-hydrogen) atoms. The molecule has 144 valence electrons. The van der Waals surface area contributed by atoms with E-state index in [9.17, 15) is 9.59 Å². The Hall–Kier alpha value is -3.42. The Bertz CT molecular complexity index is 1040. The van der Waals surface area contributed by atoms with Gasteiger partial charge in [0.25, 0.3) is 5.91 Å². The molecule has 3 amide bonds. The van der Waals surface area contributed by atoms with E-state index in [-0.39, 0.29) is 18.0 Å². The summed E-state index contributed by atoms with van der Waals surface area (Å²) in [5.41, 5.74) is 3.53. The fourth-order valence-electron chi connectivity index (χ4n) is 3.07. The first kappa shape index (κ1) is 18.0. The zero-order valence-corrected chi connectivity index (χ0v) is 15.8. The van der Waals surface area contributed by atoms with Crippen molar-refractivity contribution >= 4 is 28.5 Å². The van der Waals surface area contributed by atoms with Gasteiger partial charge in [0.05, 0.1) is 17.4 Å². The van der Waals surface area contributed by atoms with Crippen molar-refractivity contribution in [3.8, 4) is 11.1 Å². The molecule has 0 radical (unpaired) electrons. The SMILES string of the molecule is CN(C)C(=O)Nc1cncc(-c2ccc3[nH]nc(C(=O)NC4CCC4)c3c2)c1. The van der Waals surface area contributed by atoms with E-state index in [0.29, 0.717) is 11.4 Å². The van der Waals surface area contributed by atoms with Crippen molar-refractivity contribution in [1.29, 1.82) is 0 Å². The minimum absolute atomic E-state index is 0.154. The highest BCUT2D eigenvalue weighted by Gasteiger charge is 2.22. The molecule has 0 spiro atoms. The number of pyridine rings is 1. The lowest BCUT2D eigenvalue weighted by atomic mass is 9.93. The van der Waals surface area contributed by atoms with Gasteiger partial charge >= 0.3 is 6.03 Å². The highest BCUT2D eigenvalue weighted by Crippen LogP contribution is 2.27. The highest BCUT2D eigenvalue weighted by atomic mass is 16.2. The molecule has 0 aliphatic heterocycles. The van der Waals surface area contributed by atoms with Gasteiger partial charge in [-0.1, -0.05) is 6.07 Å². The molecule has 1 saturated carbocycles. The standard InChI is InChI=1S/C20H22N6O2/c1-26(2)20(28)23-15-8-13(10-21-11-15)12-6-7-17-16(9-12)18(25-24-17)19(27)22-14-4-3-5-14/h6-11,14H,3-5H2,1-2H3,(H,22,27)(H,23,28)(H,24,25). The monoisotopic (exact) mass is 378 g/mol. The van der Waals surface area contributed by atoms with Gasteiger partial charge in [-0.3, -0.25) is 14.9 Å². The second kappa shape index (κ2) is 7.30. The maximum absolute atomic E-state index is 12.6. The first-order chi connectivity index (χ1) is 13.5. The third kappa shape index (κ3) is 3.53. The molecule has 3 aromatic rings. The lowest BCUT2D eigenvalue weighted by molar-refractivity contribution is 0.0913. The third-order valence-electron chi connectivity index (χ3n) is 4.95. The maximum Gasteiger partial charge on any atom is 0.321 e. The number of carbonyl (C=O) groups is 2. The minimum atomic E-state index is -0.223. The summed E-state index contributed by atoms with van der Waals surface area (Å²) < 4.78 is 0. The quantitative estimate of drug-likeness (QED) is 0.649. The fraction of sp³-hybridized carbons (Fsp3) is 0.300. The molecule has 0 unspecified atom stereocenters. The molecule has 0 saturated heterocycles. The zero-order valence-electron chi connectivity index (χ0n) is 15.8. The van der Waals surface area contributed by atoms with E-state index in [0.717, 1.165) is 41.3 Å². The second-order valence-corrected chi connectivity index (χ2v) is 7.22. The smallest absolute Gasteiger partial charge is 0.321 e. The van der Waals surface area contributed by atoms with Crippen LogP contribution in [-0.2, 0) is 0 Å². The van der Waals surface area contributed by atoms with Crippen molar-refractivity contribution in [2.24, 2.45) is 0 Å². The van der Waals surface area contributed by atoms with Crippen molar-refractivity contribution in [3.05, 3.63) is 42.4 Å². The van der Waals surface area contributed by atoms with Crippen molar-refractivity contribution < 1.29 is 9.59 Å². The molecule has 8 nitrogen and oxygen atoms in total. The number of fused-ring (bicyclic) bond motifs is 1. The normalized spacial score (nSPS) is 13.8. The Morgan fingerprint density at radius 2 is 1.96 bits per heavy atom. The van der Waals surface area contributed by atoms with E-state index in [1.165, 1.54) is 4.90 Å². The van der Waals surface area contributed by atoms with Crippen molar-refractivity contribution in [1.82, 2.24) is 25.4 Å². The fourth-order valence-corrected chi connectivity index (χ4v) is 3.07. The predicted molar refractivity (Wildman–Crippen MR) is 107 cm³/mol. The number of aromatic nitrogens is 3. The van der Waals surface area contributed by atoms with Gasteiger partial charge in [0.2, 0.25) is 0 Å². The topological polar surface area (TPSA) is 103 Å². The van der Waals surface area contributed by atoms with Crippen molar-refractivity contribution in [3.63, 3.8) is 0 Å². The second-order valence-electron chi connectivity index (χ2n) is 7.22. The van der Waals surface area contributed by atoms with E-state index in [4.69, 9.17) is 0 Å². The summed E-state index contributed by atoms with van der Waals surface area (Å²) in [6.45, 7) is 0. The number of benzene rings is 1. The Balaban J connectivity index is 1.63. The van der Waals surface area contributed by atoms with Gasteiger partial charge in [-0.25, -0.2) is 4.79 Å². The average Bonchev–Trinajstić information content (AvgIpc) is 3.08. The summed E-state index contributed by atoms with van der Waals surface area (Å²) in [5.74, 6) is -0.154. The van der Waals surface area contributed by atoms with Crippen LogP contribution in [0.4, 0.5) is 10.5 Å². The van der Waals surface area contributed by atoms with Crippen LogP contribution in [0.15, 0.2) is 36.7 Å². The molecule has 1 fully saturated rings. The third-order valence-corrected chi connectivity index (χ3v) is 4.95. The number of rotatable bonds is 4. The van der Waals surface area contributed by atoms with Crippen LogP contribution in [0.25, 0.3) is 22.0 Å². The Kier molecular flexibility index (Phi) is 4.68. The summed E-state index contributed by atoms with van der Waals surface area (Å²) in [7, 11) is 3.35. The summed E-state index contributed by atoms with van der Waals surface area (Å²) in [5, 5.41) is 13.7. The lowest BCUT2D eigenvalue weighted by Gasteiger charge is -2.25. The van der Waals surface area contributed by atoms with Crippen molar-refractivity contribution in [2.45, 2.75) is 25.3 Å². The number of amides is 3. The summed E-state index contributed by atoms with van der Waals surface area (Å²) in [6.07, 6.45) is 6.52. The van der Waals surface area contributed by atoms with E-state index in [2.05, 4.69) is 25.8 Å². The van der Waals surface area contributed by atoms with Gasteiger partial charge < -0.3 is 15.5 Å². The molecule has 4 rings (SSSR count). The molecule has 0 bridgehead atoms. The van der Waals surface area contributed by atoms with Crippen LogP contribution in [0.5, 0.6) is 0 Å². The molecular formula is C20H22N6O2. The Morgan fingerprint density at radius 3 is 2.68 bits per heavy atom. The largest absolute Gasteiger partial charge is 0.348 e. The van der Waals surface area contributed by atoms with E-state index >= 15 is 0 Å².